The molecule has 0 aliphatic carbocycles. The van der Waals surface area contributed by atoms with Crippen molar-refractivity contribution >= 4 is 23.2 Å². The van der Waals surface area contributed by atoms with Crippen molar-refractivity contribution in [1.82, 2.24) is 9.55 Å². The van der Waals surface area contributed by atoms with E-state index < -0.39 is 0 Å². The molecule has 3 rings (SSSR count). The van der Waals surface area contributed by atoms with Crippen molar-refractivity contribution in [2.24, 2.45) is 0 Å². The second-order valence-corrected chi connectivity index (χ2v) is 7.56. The Morgan fingerprint density at radius 1 is 1.10 bits per heavy atom. The van der Waals surface area contributed by atoms with Crippen molar-refractivity contribution in [2.75, 3.05) is 10.6 Å². The molecule has 0 unspecified atom stereocenters. The van der Waals surface area contributed by atoms with Gasteiger partial charge in [-0.05, 0) is 61.2 Å². The summed E-state index contributed by atoms with van der Waals surface area (Å²) in [5.74, 6) is -0.113. The molecule has 0 aliphatic heterocycles. The molecule has 2 aromatic carbocycles. The van der Waals surface area contributed by atoms with Gasteiger partial charge in [-0.1, -0.05) is 26.0 Å². The molecule has 3 aromatic rings. The Balaban J connectivity index is 1.84. The number of hydrogen-bond acceptors (Lipinski definition) is 4. The Hall–Kier alpha value is -3.48. The summed E-state index contributed by atoms with van der Waals surface area (Å²) in [6, 6.07) is 13.5. The lowest BCUT2D eigenvalue weighted by Crippen LogP contribution is -2.30. The molecule has 0 spiro atoms. The molecule has 0 radical (unpaired) electrons. The lowest BCUT2D eigenvalue weighted by molar-refractivity contribution is -0.116. The van der Waals surface area contributed by atoms with E-state index in [0.717, 1.165) is 5.56 Å². The SMILES string of the molecule is Cc1cc(=O)n(CC(=O)Nc2cccc(C(C)C)c2)c(Nc2ccc(F)c(C)c2)n1. The topological polar surface area (TPSA) is 76.0 Å². The Kier molecular flexibility index (Phi) is 6.30. The van der Waals surface area contributed by atoms with Gasteiger partial charge >= 0.3 is 0 Å². The summed E-state index contributed by atoms with van der Waals surface area (Å²) >= 11 is 0. The Morgan fingerprint density at radius 2 is 1.87 bits per heavy atom. The van der Waals surface area contributed by atoms with Gasteiger partial charge in [-0.25, -0.2) is 9.37 Å². The molecule has 1 amide bonds. The zero-order chi connectivity index (χ0) is 21.8. The predicted molar refractivity (Wildman–Crippen MR) is 117 cm³/mol. The van der Waals surface area contributed by atoms with Crippen molar-refractivity contribution in [1.29, 1.82) is 0 Å². The minimum Gasteiger partial charge on any atom is -0.326 e. The van der Waals surface area contributed by atoms with Gasteiger partial charge in [0.25, 0.3) is 5.56 Å². The molecule has 1 heterocycles. The number of benzene rings is 2. The number of halogens is 1. The molecule has 2 N–H and O–H groups in total. The second kappa shape index (κ2) is 8.90. The minimum atomic E-state index is -0.352. The molecule has 7 heteroatoms. The highest BCUT2D eigenvalue weighted by Gasteiger charge is 2.13. The first kappa shape index (κ1) is 21.2. The standard InChI is InChI=1S/C23H25FN4O2/c1-14(2)17-6-5-7-18(12-17)26-21(29)13-28-22(30)11-16(4)25-23(28)27-19-8-9-20(24)15(3)10-19/h5-12,14H,13H2,1-4H3,(H,25,27)(H,26,29). The lowest BCUT2D eigenvalue weighted by Gasteiger charge is -2.15. The fourth-order valence-corrected chi connectivity index (χ4v) is 3.04. The van der Waals surface area contributed by atoms with Crippen LogP contribution in [0.15, 0.2) is 53.3 Å². The van der Waals surface area contributed by atoms with E-state index in [-0.39, 0.29) is 29.8 Å². The number of amides is 1. The van der Waals surface area contributed by atoms with Gasteiger partial charge < -0.3 is 10.6 Å². The van der Waals surface area contributed by atoms with E-state index in [1.54, 1.807) is 32.0 Å². The van der Waals surface area contributed by atoms with Crippen LogP contribution in [0.3, 0.4) is 0 Å². The van der Waals surface area contributed by atoms with Crippen LogP contribution < -0.4 is 16.2 Å². The van der Waals surface area contributed by atoms with Gasteiger partial charge in [-0.2, -0.15) is 0 Å². The summed E-state index contributed by atoms with van der Waals surface area (Å²) in [7, 11) is 0. The molecule has 6 nitrogen and oxygen atoms in total. The maximum atomic E-state index is 13.6. The van der Waals surface area contributed by atoms with Gasteiger partial charge in [0.1, 0.15) is 12.4 Å². The third-order valence-corrected chi connectivity index (χ3v) is 4.69. The number of nitrogens with one attached hydrogen (secondary N) is 2. The van der Waals surface area contributed by atoms with Gasteiger partial charge in [0.05, 0.1) is 0 Å². The number of hydrogen-bond donors (Lipinski definition) is 2. The van der Waals surface area contributed by atoms with E-state index in [1.165, 1.54) is 16.7 Å². The smallest absolute Gasteiger partial charge is 0.255 e. The molecule has 30 heavy (non-hydrogen) atoms. The molecule has 156 valence electrons. The van der Waals surface area contributed by atoms with E-state index in [9.17, 15) is 14.0 Å². The first-order valence-corrected chi connectivity index (χ1v) is 9.74. The normalized spacial score (nSPS) is 10.9. The summed E-state index contributed by atoms with van der Waals surface area (Å²) in [5.41, 5.74) is 2.98. The number of nitrogens with zero attached hydrogens (tertiary/aromatic N) is 2. The van der Waals surface area contributed by atoms with Crippen LogP contribution >= 0.6 is 0 Å². The highest BCUT2D eigenvalue weighted by Crippen LogP contribution is 2.20. The van der Waals surface area contributed by atoms with Crippen LogP contribution in [0.1, 0.15) is 36.6 Å². The third kappa shape index (κ3) is 5.11. The van der Waals surface area contributed by atoms with E-state index in [1.807, 2.05) is 18.2 Å². The van der Waals surface area contributed by atoms with Gasteiger partial charge in [0.2, 0.25) is 11.9 Å². The van der Waals surface area contributed by atoms with E-state index in [2.05, 4.69) is 29.5 Å². The Bertz CT molecular complexity index is 1140. The maximum absolute atomic E-state index is 13.6. The van der Waals surface area contributed by atoms with Crippen molar-refractivity contribution in [3.63, 3.8) is 0 Å². The molecule has 0 fully saturated rings. The molecule has 0 bridgehead atoms. The number of anilines is 3. The Morgan fingerprint density at radius 3 is 2.57 bits per heavy atom. The zero-order valence-corrected chi connectivity index (χ0v) is 17.5. The van der Waals surface area contributed by atoms with Crippen molar-refractivity contribution < 1.29 is 9.18 Å². The fourth-order valence-electron chi connectivity index (χ4n) is 3.04. The van der Waals surface area contributed by atoms with Crippen molar-refractivity contribution in [3.05, 3.63) is 81.5 Å². The van der Waals surface area contributed by atoms with Crippen molar-refractivity contribution in [2.45, 2.75) is 40.2 Å². The number of aryl methyl sites for hydroxylation is 2. The highest BCUT2D eigenvalue weighted by atomic mass is 19.1. The maximum Gasteiger partial charge on any atom is 0.255 e. The average molecular weight is 408 g/mol. The molecular weight excluding hydrogens is 383 g/mol. The zero-order valence-electron chi connectivity index (χ0n) is 17.5. The molecular formula is C23H25FN4O2. The van der Waals surface area contributed by atoms with E-state index in [0.29, 0.717) is 28.6 Å². The summed E-state index contributed by atoms with van der Waals surface area (Å²) < 4.78 is 14.8. The van der Waals surface area contributed by atoms with Crippen LogP contribution in [0.25, 0.3) is 0 Å². The van der Waals surface area contributed by atoms with Gasteiger partial charge in [-0.3, -0.25) is 14.2 Å². The molecule has 0 saturated carbocycles. The first-order valence-electron chi connectivity index (χ1n) is 9.74. The fraction of sp³-hybridized carbons (Fsp3) is 0.261. The average Bonchev–Trinajstić information content (AvgIpc) is 2.67. The first-order chi connectivity index (χ1) is 14.2. The van der Waals surface area contributed by atoms with Gasteiger partial charge in [0.15, 0.2) is 0 Å². The number of rotatable bonds is 6. The van der Waals surface area contributed by atoms with Crippen LogP contribution in [0.5, 0.6) is 0 Å². The summed E-state index contributed by atoms with van der Waals surface area (Å²) in [6.45, 7) is 7.29. The van der Waals surface area contributed by atoms with Crippen LogP contribution in [0, 0.1) is 19.7 Å². The quantitative estimate of drug-likeness (QED) is 0.629. The van der Waals surface area contributed by atoms with Crippen LogP contribution in [-0.2, 0) is 11.3 Å². The lowest BCUT2D eigenvalue weighted by atomic mass is 10.0. The van der Waals surface area contributed by atoms with Crippen LogP contribution in [0.2, 0.25) is 0 Å². The Labute approximate surface area is 174 Å². The molecule has 0 atom stereocenters. The van der Waals surface area contributed by atoms with Crippen LogP contribution in [-0.4, -0.2) is 15.5 Å². The molecule has 0 aliphatic rings. The number of aromatic nitrogens is 2. The summed E-state index contributed by atoms with van der Waals surface area (Å²) in [5, 5.41) is 5.85. The van der Waals surface area contributed by atoms with Crippen molar-refractivity contribution in [3.8, 4) is 0 Å². The predicted octanol–water partition coefficient (Wildman–Crippen LogP) is 4.50. The van der Waals surface area contributed by atoms with Gasteiger partial charge in [-0.15, -0.1) is 0 Å². The van der Waals surface area contributed by atoms with Gasteiger partial charge in [0, 0.05) is 23.1 Å². The number of carbonyl (C=O) groups excluding carboxylic acids is 1. The molecule has 0 saturated heterocycles. The minimum absolute atomic E-state index is 0.208. The largest absolute Gasteiger partial charge is 0.326 e. The van der Waals surface area contributed by atoms with E-state index in [4.69, 9.17) is 0 Å². The second-order valence-electron chi connectivity index (χ2n) is 7.56. The third-order valence-electron chi connectivity index (χ3n) is 4.69. The highest BCUT2D eigenvalue weighted by molar-refractivity contribution is 5.90. The number of carbonyl (C=O) groups is 1. The molecule has 1 aromatic heterocycles. The summed E-state index contributed by atoms with van der Waals surface area (Å²) in [6.07, 6.45) is 0. The summed E-state index contributed by atoms with van der Waals surface area (Å²) in [4.78, 5) is 29.5. The van der Waals surface area contributed by atoms with E-state index >= 15 is 0 Å². The van der Waals surface area contributed by atoms with Crippen LogP contribution in [0.4, 0.5) is 21.7 Å². The monoisotopic (exact) mass is 408 g/mol.